The Morgan fingerprint density at radius 3 is 2.31 bits per heavy atom. The van der Waals surface area contributed by atoms with E-state index in [0.717, 1.165) is 23.3 Å². The fourth-order valence-corrected chi connectivity index (χ4v) is 4.99. The largest absolute Gasteiger partial charge is 0.490 e. The smallest absolute Gasteiger partial charge is 0.243 e. The van der Waals surface area contributed by atoms with Crippen LogP contribution in [0.15, 0.2) is 35.2 Å². The van der Waals surface area contributed by atoms with Crippen LogP contribution in [0, 0.1) is 0 Å². The zero-order chi connectivity index (χ0) is 18.3. The van der Waals surface area contributed by atoms with Gasteiger partial charge < -0.3 is 9.47 Å². The van der Waals surface area contributed by atoms with E-state index in [1.54, 1.807) is 0 Å². The minimum absolute atomic E-state index is 0.143. The summed E-state index contributed by atoms with van der Waals surface area (Å²) in [4.78, 5) is 0.143. The third kappa shape index (κ3) is 3.27. The molecule has 2 aliphatic rings. The number of hydrogen-bond acceptors (Lipinski definition) is 4. The molecule has 138 valence electrons. The summed E-state index contributed by atoms with van der Waals surface area (Å²) in [6.45, 7) is 1.91. The second-order valence-electron chi connectivity index (χ2n) is 6.28. The predicted octanol–water partition coefficient (Wildman–Crippen LogP) is 3.90. The third-order valence-electron chi connectivity index (χ3n) is 4.58. The molecule has 2 aromatic carbocycles. The van der Waals surface area contributed by atoms with Gasteiger partial charge in [0.25, 0.3) is 0 Å². The summed E-state index contributed by atoms with van der Waals surface area (Å²) in [6.07, 6.45) is 1.45. The fourth-order valence-electron chi connectivity index (χ4n) is 3.18. The van der Waals surface area contributed by atoms with Crippen LogP contribution >= 0.6 is 23.2 Å². The van der Waals surface area contributed by atoms with Gasteiger partial charge in [0, 0.05) is 19.5 Å². The molecule has 0 unspecified atom stereocenters. The van der Waals surface area contributed by atoms with Crippen LogP contribution in [-0.4, -0.2) is 32.5 Å². The van der Waals surface area contributed by atoms with Crippen molar-refractivity contribution < 1.29 is 17.9 Å². The van der Waals surface area contributed by atoms with Crippen molar-refractivity contribution in [3.05, 3.63) is 51.5 Å². The molecular weight excluding hydrogens is 397 g/mol. The molecule has 0 atom stereocenters. The van der Waals surface area contributed by atoms with Crippen LogP contribution in [0.4, 0.5) is 0 Å². The third-order valence-corrected chi connectivity index (χ3v) is 7.16. The Kier molecular flexibility index (Phi) is 4.77. The van der Waals surface area contributed by atoms with Gasteiger partial charge >= 0.3 is 0 Å². The first-order valence-corrected chi connectivity index (χ1v) is 10.5. The summed E-state index contributed by atoms with van der Waals surface area (Å²) >= 11 is 11.9. The molecule has 0 aliphatic carbocycles. The molecule has 8 heteroatoms. The molecule has 0 N–H and O–H groups in total. The lowest BCUT2D eigenvalue weighted by atomic mass is 10.0. The summed E-state index contributed by atoms with van der Waals surface area (Å²) in [6, 6.07) is 8.24. The minimum atomic E-state index is -3.65. The molecule has 2 aliphatic heterocycles. The van der Waals surface area contributed by atoms with Gasteiger partial charge in [-0.3, -0.25) is 0 Å². The predicted molar refractivity (Wildman–Crippen MR) is 99.8 cm³/mol. The van der Waals surface area contributed by atoms with Crippen molar-refractivity contribution in [1.82, 2.24) is 4.31 Å². The molecule has 0 fully saturated rings. The van der Waals surface area contributed by atoms with Crippen molar-refractivity contribution in [3.8, 4) is 11.5 Å². The van der Waals surface area contributed by atoms with Gasteiger partial charge in [-0.1, -0.05) is 23.2 Å². The summed E-state index contributed by atoms with van der Waals surface area (Å²) in [7, 11) is -3.65. The van der Waals surface area contributed by atoms with E-state index in [9.17, 15) is 8.42 Å². The van der Waals surface area contributed by atoms with Crippen molar-refractivity contribution in [1.29, 1.82) is 0 Å². The highest BCUT2D eigenvalue weighted by Crippen LogP contribution is 2.36. The highest BCUT2D eigenvalue weighted by atomic mass is 35.5. The van der Waals surface area contributed by atoms with Crippen molar-refractivity contribution in [2.24, 2.45) is 0 Å². The van der Waals surface area contributed by atoms with Crippen LogP contribution in [0.2, 0.25) is 10.0 Å². The van der Waals surface area contributed by atoms with E-state index in [1.807, 2.05) is 12.1 Å². The maximum absolute atomic E-state index is 13.0. The van der Waals surface area contributed by atoms with Gasteiger partial charge in [0.2, 0.25) is 10.0 Å². The summed E-state index contributed by atoms with van der Waals surface area (Å²) in [5, 5.41) is 0.551. The molecule has 26 heavy (non-hydrogen) atoms. The molecule has 0 aromatic heterocycles. The highest BCUT2D eigenvalue weighted by Gasteiger charge is 2.30. The zero-order valence-corrected chi connectivity index (χ0v) is 16.2. The van der Waals surface area contributed by atoms with E-state index in [1.165, 1.54) is 22.5 Å². The molecule has 4 rings (SSSR count). The number of rotatable bonds is 2. The van der Waals surface area contributed by atoms with Crippen LogP contribution in [0.25, 0.3) is 0 Å². The first kappa shape index (κ1) is 17.9. The standard InChI is InChI=1S/C18H17Cl2NO4S/c19-15-3-2-14(10-16(15)20)26(22,23)21-5-4-12-8-17-18(9-13(12)11-21)25-7-1-6-24-17/h2-3,8-10H,1,4-7,11H2. The van der Waals surface area contributed by atoms with Gasteiger partial charge in [-0.15, -0.1) is 0 Å². The molecule has 0 bridgehead atoms. The Morgan fingerprint density at radius 1 is 0.923 bits per heavy atom. The van der Waals surface area contributed by atoms with Crippen molar-refractivity contribution >= 4 is 33.2 Å². The number of benzene rings is 2. The molecule has 2 aromatic rings. The molecule has 0 radical (unpaired) electrons. The highest BCUT2D eigenvalue weighted by molar-refractivity contribution is 7.89. The second kappa shape index (κ2) is 6.93. The van der Waals surface area contributed by atoms with Gasteiger partial charge in [0.1, 0.15) is 0 Å². The Hall–Kier alpha value is -1.47. The van der Waals surface area contributed by atoms with Gasteiger partial charge in [-0.2, -0.15) is 4.31 Å². The molecule has 0 amide bonds. The number of fused-ring (bicyclic) bond motifs is 2. The Bertz CT molecular complexity index is 962. The van der Waals surface area contributed by atoms with Gasteiger partial charge in [0.15, 0.2) is 11.5 Å². The minimum Gasteiger partial charge on any atom is -0.490 e. The molecule has 0 saturated heterocycles. The van der Waals surface area contributed by atoms with Crippen molar-refractivity contribution in [2.75, 3.05) is 19.8 Å². The molecule has 0 spiro atoms. The average Bonchev–Trinajstić information content (AvgIpc) is 2.86. The van der Waals surface area contributed by atoms with Crippen LogP contribution < -0.4 is 9.47 Å². The molecule has 5 nitrogen and oxygen atoms in total. The SMILES string of the molecule is O=S(=O)(c1ccc(Cl)c(Cl)c1)N1CCc2cc3c(cc2C1)OCCCO3. The number of sulfonamides is 1. The molecule has 0 saturated carbocycles. The monoisotopic (exact) mass is 413 g/mol. The van der Waals surface area contributed by atoms with E-state index in [-0.39, 0.29) is 16.5 Å². The van der Waals surface area contributed by atoms with E-state index >= 15 is 0 Å². The fraction of sp³-hybridized carbons (Fsp3) is 0.333. The number of nitrogens with zero attached hydrogens (tertiary/aromatic N) is 1. The number of ether oxygens (including phenoxy) is 2. The Balaban J connectivity index is 1.65. The van der Waals surface area contributed by atoms with Crippen LogP contribution in [0.1, 0.15) is 17.5 Å². The lowest BCUT2D eigenvalue weighted by molar-refractivity contribution is 0.297. The van der Waals surface area contributed by atoms with Crippen LogP contribution in [-0.2, 0) is 23.0 Å². The van der Waals surface area contributed by atoms with Crippen molar-refractivity contribution in [3.63, 3.8) is 0 Å². The van der Waals surface area contributed by atoms with E-state index in [4.69, 9.17) is 32.7 Å². The first-order chi connectivity index (χ1) is 12.4. The number of hydrogen-bond donors (Lipinski definition) is 0. The topological polar surface area (TPSA) is 55.8 Å². The van der Waals surface area contributed by atoms with E-state index in [2.05, 4.69) is 0 Å². The maximum Gasteiger partial charge on any atom is 0.243 e. The van der Waals surface area contributed by atoms with Crippen LogP contribution in [0.5, 0.6) is 11.5 Å². The summed E-state index contributed by atoms with van der Waals surface area (Å²) in [5.74, 6) is 1.41. The summed E-state index contributed by atoms with van der Waals surface area (Å²) < 4.78 is 38.8. The lowest BCUT2D eigenvalue weighted by Gasteiger charge is -2.29. The quantitative estimate of drug-likeness (QED) is 0.748. The van der Waals surface area contributed by atoms with Crippen LogP contribution in [0.3, 0.4) is 0 Å². The first-order valence-electron chi connectivity index (χ1n) is 8.32. The van der Waals surface area contributed by atoms with Gasteiger partial charge in [0.05, 0.1) is 28.2 Å². The number of halogens is 2. The average molecular weight is 414 g/mol. The zero-order valence-electron chi connectivity index (χ0n) is 13.9. The second-order valence-corrected chi connectivity index (χ2v) is 9.03. The van der Waals surface area contributed by atoms with E-state index in [0.29, 0.717) is 37.0 Å². The molecule has 2 heterocycles. The van der Waals surface area contributed by atoms with E-state index < -0.39 is 10.0 Å². The lowest BCUT2D eigenvalue weighted by Crippen LogP contribution is -2.36. The molecular formula is C18H17Cl2NO4S. The van der Waals surface area contributed by atoms with Crippen molar-refractivity contribution in [2.45, 2.75) is 24.3 Å². The van der Waals surface area contributed by atoms with Gasteiger partial charge in [-0.25, -0.2) is 8.42 Å². The summed E-state index contributed by atoms with van der Waals surface area (Å²) in [5.41, 5.74) is 2.03. The Morgan fingerprint density at radius 2 is 1.62 bits per heavy atom. The normalized spacial score (nSPS) is 17.5. The van der Waals surface area contributed by atoms with Gasteiger partial charge in [-0.05, 0) is 47.9 Å². The maximum atomic E-state index is 13.0. The Labute approximate surface area is 162 Å².